The molecule has 1 aromatic heterocycles. The van der Waals surface area contributed by atoms with Crippen molar-refractivity contribution in [2.45, 2.75) is 46.5 Å². The minimum atomic E-state index is -1.08. The fraction of sp³-hybridized carbons (Fsp3) is 0.565. The van der Waals surface area contributed by atoms with Crippen LogP contribution in [-0.2, 0) is 9.53 Å². The van der Waals surface area contributed by atoms with Gasteiger partial charge in [0.2, 0.25) is 0 Å². The summed E-state index contributed by atoms with van der Waals surface area (Å²) in [7, 11) is 0. The zero-order valence-corrected chi connectivity index (χ0v) is 17.8. The summed E-state index contributed by atoms with van der Waals surface area (Å²) in [6.45, 7) is 10.5. The number of anilines is 1. The van der Waals surface area contributed by atoms with E-state index in [2.05, 4.69) is 24.8 Å². The van der Waals surface area contributed by atoms with Gasteiger partial charge < -0.3 is 9.64 Å². The molecule has 0 spiro atoms. The molecule has 6 heteroatoms. The number of nitrogens with zero attached hydrogens (tertiary/aromatic N) is 4. The summed E-state index contributed by atoms with van der Waals surface area (Å²) in [6.07, 6.45) is 2.07. The predicted octanol–water partition coefficient (Wildman–Crippen LogP) is 4.31. The first-order valence-electron chi connectivity index (χ1n) is 10.5. The minimum Gasteiger partial charge on any atom is -0.464 e. The third-order valence-electron chi connectivity index (χ3n) is 5.59. The van der Waals surface area contributed by atoms with Crippen LogP contribution in [0.1, 0.15) is 52.1 Å². The van der Waals surface area contributed by atoms with Gasteiger partial charge in [0.15, 0.2) is 11.7 Å². The molecule has 1 saturated heterocycles. The number of hydrogen-bond donors (Lipinski definition) is 0. The molecule has 1 aliphatic rings. The fourth-order valence-electron chi connectivity index (χ4n) is 3.92. The molecular formula is C23H30N4O2. The van der Waals surface area contributed by atoms with Crippen molar-refractivity contribution in [1.82, 2.24) is 9.97 Å². The minimum absolute atomic E-state index is 0.254. The lowest BCUT2D eigenvalue weighted by atomic mass is 9.91. The van der Waals surface area contributed by atoms with Crippen molar-refractivity contribution in [3.63, 3.8) is 0 Å². The molecule has 4 atom stereocenters. The van der Waals surface area contributed by atoms with E-state index in [1.54, 1.807) is 0 Å². The first kappa shape index (κ1) is 21.0. The number of carbonyl (C=O) groups excluding carboxylic acids is 1. The first-order valence-corrected chi connectivity index (χ1v) is 10.5. The van der Waals surface area contributed by atoms with Crippen molar-refractivity contribution in [3.8, 4) is 6.07 Å². The standard InChI is InChI=1S/C23H30N4O2/c1-5-15(2)14-29-23(28)18(11-24)21-22(27-12-16(3)10-17(4)13-27)26-20-9-7-6-8-19(20)25-21/h6-9,15-18H,5,10,12-14H2,1-4H3/t15-,16+,17+,18+/m1/s1. The monoisotopic (exact) mass is 394 g/mol. The van der Waals surface area contributed by atoms with Crippen LogP contribution in [0.15, 0.2) is 24.3 Å². The first-order chi connectivity index (χ1) is 13.9. The molecule has 0 N–H and O–H groups in total. The summed E-state index contributed by atoms with van der Waals surface area (Å²) in [5.41, 5.74) is 1.85. The van der Waals surface area contributed by atoms with Crippen molar-refractivity contribution in [2.75, 3.05) is 24.6 Å². The lowest BCUT2D eigenvalue weighted by molar-refractivity contribution is -0.145. The molecule has 29 heavy (non-hydrogen) atoms. The lowest BCUT2D eigenvalue weighted by Crippen LogP contribution is -2.40. The lowest BCUT2D eigenvalue weighted by Gasteiger charge is -2.36. The average Bonchev–Trinajstić information content (AvgIpc) is 2.71. The Bertz CT molecular complexity index is 897. The van der Waals surface area contributed by atoms with Crippen LogP contribution >= 0.6 is 0 Å². The Hall–Kier alpha value is -2.68. The van der Waals surface area contributed by atoms with E-state index in [9.17, 15) is 10.1 Å². The molecule has 3 rings (SSSR count). The van der Waals surface area contributed by atoms with Crippen LogP contribution in [0.4, 0.5) is 5.82 Å². The second kappa shape index (κ2) is 9.21. The predicted molar refractivity (Wildman–Crippen MR) is 113 cm³/mol. The summed E-state index contributed by atoms with van der Waals surface area (Å²) in [6, 6.07) is 9.70. The van der Waals surface area contributed by atoms with E-state index >= 15 is 0 Å². The quantitative estimate of drug-likeness (QED) is 0.679. The highest BCUT2D eigenvalue weighted by atomic mass is 16.5. The molecule has 0 unspecified atom stereocenters. The van der Waals surface area contributed by atoms with Crippen LogP contribution in [0.5, 0.6) is 0 Å². The topological polar surface area (TPSA) is 79.1 Å². The number of benzene rings is 1. The van der Waals surface area contributed by atoms with Gasteiger partial charge in [-0.2, -0.15) is 5.26 Å². The Morgan fingerprint density at radius 1 is 1.24 bits per heavy atom. The third kappa shape index (κ3) is 4.84. The Labute approximate surface area is 172 Å². The zero-order valence-electron chi connectivity index (χ0n) is 17.8. The number of piperidine rings is 1. The number of hydrogen-bond acceptors (Lipinski definition) is 6. The summed E-state index contributed by atoms with van der Waals surface area (Å²) in [4.78, 5) is 24.5. The Morgan fingerprint density at radius 2 is 1.86 bits per heavy atom. The van der Waals surface area contributed by atoms with Gasteiger partial charge in [0.05, 0.1) is 23.7 Å². The smallest absolute Gasteiger partial charge is 0.329 e. The maximum Gasteiger partial charge on any atom is 0.329 e. The summed E-state index contributed by atoms with van der Waals surface area (Å²) >= 11 is 0. The van der Waals surface area contributed by atoms with Crippen LogP contribution < -0.4 is 4.90 Å². The zero-order chi connectivity index (χ0) is 21.0. The van der Waals surface area contributed by atoms with Crippen molar-refractivity contribution in [1.29, 1.82) is 5.26 Å². The number of aromatic nitrogens is 2. The fourth-order valence-corrected chi connectivity index (χ4v) is 3.92. The van der Waals surface area contributed by atoms with E-state index in [4.69, 9.17) is 14.7 Å². The van der Waals surface area contributed by atoms with Crippen LogP contribution in [0, 0.1) is 29.1 Å². The normalized spacial score (nSPS) is 21.4. The SMILES string of the molecule is CC[C@@H](C)COC(=O)[C@@H](C#N)c1nc2ccccc2nc1N1C[C@@H](C)C[C@H](C)C1. The molecule has 2 heterocycles. The molecule has 0 saturated carbocycles. The summed E-state index contributed by atoms with van der Waals surface area (Å²) < 4.78 is 5.45. The highest BCUT2D eigenvalue weighted by molar-refractivity contribution is 5.85. The van der Waals surface area contributed by atoms with E-state index in [1.165, 1.54) is 0 Å². The van der Waals surface area contributed by atoms with Gasteiger partial charge in [-0.05, 0) is 36.3 Å². The second-order valence-electron chi connectivity index (χ2n) is 8.48. The number of ether oxygens (including phenoxy) is 1. The Kier molecular flexibility index (Phi) is 6.68. The summed E-state index contributed by atoms with van der Waals surface area (Å²) in [5.74, 6) is 0.282. The van der Waals surface area contributed by atoms with Crippen LogP contribution in [0.25, 0.3) is 11.0 Å². The molecule has 0 aliphatic carbocycles. The number of nitriles is 1. The van der Waals surface area contributed by atoms with E-state index in [0.29, 0.717) is 35.5 Å². The van der Waals surface area contributed by atoms with E-state index in [0.717, 1.165) is 31.4 Å². The van der Waals surface area contributed by atoms with Gasteiger partial charge in [0.25, 0.3) is 0 Å². The Balaban J connectivity index is 2.02. The maximum atomic E-state index is 12.8. The molecule has 0 radical (unpaired) electrons. The average molecular weight is 395 g/mol. The van der Waals surface area contributed by atoms with Crippen molar-refractivity contribution in [2.24, 2.45) is 17.8 Å². The highest BCUT2D eigenvalue weighted by Crippen LogP contribution is 2.32. The van der Waals surface area contributed by atoms with Gasteiger partial charge in [0, 0.05) is 13.1 Å². The van der Waals surface area contributed by atoms with Crippen molar-refractivity contribution < 1.29 is 9.53 Å². The molecular weight excluding hydrogens is 364 g/mol. The molecule has 1 aliphatic heterocycles. The number of esters is 1. The van der Waals surface area contributed by atoms with Crippen molar-refractivity contribution in [3.05, 3.63) is 30.0 Å². The Morgan fingerprint density at radius 3 is 2.45 bits per heavy atom. The van der Waals surface area contributed by atoms with Gasteiger partial charge in [-0.15, -0.1) is 0 Å². The molecule has 0 bridgehead atoms. The van der Waals surface area contributed by atoms with Crippen LogP contribution in [0.3, 0.4) is 0 Å². The third-order valence-corrected chi connectivity index (χ3v) is 5.59. The summed E-state index contributed by atoms with van der Waals surface area (Å²) in [5, 5.41) is 9.83. The van der Waals surface area contributed by atoms with E-state index in [-0.39, 0.29) is 5.92 Å². The number of para-hydroxylation sites is 2. The largest absolute Gasteiger partial charge is 0.464 e. The number of fused-ring (bicyclic) bond motifs is 1. The van der Waals surface area contributed by atoms with E-state index < -0.39 is 11.9 Å². The number of rotatable bonds is 6. The van der Waals surface area contributed by atoms with Gasteiger partial charge in [-0.25, -0.2) is 9.97 Å². The molecule has 154 valence electrons. The maximum absolute atomic E-state index is 12.8. The molecule has 6 nitrogen and oxygen atoms in total. The highest BCUT2D eigenvalue weighted by Gasteiger charge is 2.32. The van der Waals surface area contributed by atoms with Crippen LogP contribution in [-0.4, -0.2) is 35.6 Å². The van der Waals surface area contributed by atoms with Gasteiger partial charge in [-0.3, -0.25) is 4.79 Å². The van der Waals surface area contributed by atoms with Crippen LogP contribution in [0.2, 0.25) is 0 Å². The van der Waals surface area contributed by atoms with Gasteiger partial charge >= 0.3 is 5.97 Å². The van der Waals surface area contributed by atoms with Crippen molar-refractivity contribution >= 4 is 22.8 Å². The molecule has 0 amide bonds. The van der Waals surface area contributed by atoms with Gasteiger partial charge in [0.1, 0.15) is 5.69 Å². The molecule has 2 aromatic rings. The second-order valence-corrected chi connectivity index (χ2v) is 8.48. The van der Waals surface area contributed by atoms with E-state index in [1.807, 2.05) is 38.1 Å². The van der Waals surface area contributed by atoms with Gasteiger partial charge in [-0.1, -0.05) is 46.2 Å². The molecule has 1 fully saturated rings. The number of carbonyl (C=O) groups is 1. The molecule has 1 aromatic carbocycles.